The average Bonchev–Trinajstić information content (AvgIpc) is 3.21. The highest BCUT2D eigenvalue weighted by atomic mass is 16.4. The van der Waals surface area contributed by atoms with Gasteiger partial charge in [-0.25, -0.2) is 9.78 Å². The molecule has 32 heavy (non-hydrogen) atoms. The molecule has 0 aromatic carbocycles. The molecule has 0 saturated heterocycles. The number of aliphatic carboxylic acids is 1. The first-order valence-electron chi connectivity index (χ1n) is 10.1. The Bertz CT molecular complexity index is 811. The summed E-state index contributed by atoms with van der Waals surface area (Å²) in [6.45, 7) is 4.77. The van der Waals surface area contributed by atoms with Gasteiger partial charge in [-0.15, -0.1) is 0 Å². The molecule has 4 unspecified atom stereocenters. The van der Waals surface area contributed by atoms with Gasteiger partial charge < -0.3 is 37.5 Å². The molecule has 1 aromatic heterocycles. The number of primary amides is 1. The first-order chi connectivity index (χ1) is 14.9. The number of carbonyl (C=O) groups is 5. The summed E-state index contributed by atoms with van der Waals surface area (Å²) in [7, 11) is 0. The molecule has 0 spiro atoms. The van der Waals surface area contributed by atoms with Crippen molar-refractivity contribution in [3.63, 3.8) is 0 Å². The number of carboxylic acids is 1. The van der Waals surface area contributed by atoms with E-state index in [1.165, 1.54) is 19.4 Å². The third-order valence-corrected chi connectivity index (χ3v) is 4.63. The maximum Gasteiger partial charge on any atom is 0.326 e. The molecule has 13 heteroatoms. The van der Waals surface area contributed by atoms with Crippen molar-refractivity contribution in [1.82, 2.24) is 25.9 Å². The predicted molar refractivity (Wildman–Crippen MR) is 113 cm³/mol. The van der Waals surface area contributed by atoms with E-state index in [1.54, 1.807) is 13.8 Å². The van der Waals surface area contributed by atoms with Crippen LogP contribution in [0.1, 0.15) is 39.3 Å². The number of rotatable bonds is 13. The van der Waals surface area contributed by atoms with E-state index >= 15 is 0 Å². The fourth-order valence-corrected chi connectivity index (χ4v) is 2.71. The summed E-state index contributed by atoms with van der Waals surface area (Å²) in [6, 6.07) is -4.34. The summed E-state index contributed by atoms with van der Waals surface area (Å²) in [5.74, 6) is -4.18. The summed E-state index contributed by atoms with van der Waals surface area (Å²) in [5.41, 5.74) is 11.3. The van der Waals surface area contributed by atoms with Gasteiger partial charge in [-0.2, -0.15) is 0 Å². The molecule has 0 bridgehead atoms. The van der Waals surface area contributed by atoms with E-state index < -0.39 is 53.8 Å². The zero-order valence-electron chi connectivity index (χ0n) is 18.3. The topological polar surface area (TPSA) is 222 Å². The standard InChI is InChI=1S/C19H31N7O6/c1-9(2)15(26-17(29)12(20)4-5-14(21)27)18(30)24-10(3)16(28)25-13(19(31)32)6-11-7-22-8-23-11/h7-10,12-13,15H,4-6,20H2,1-3H3,(H2,21,27)(H,22,23)(H,24,30)(H,25,28)(H,26,29)(H,31,32). The summed E-state index contributed by atoms with van der Waals surface area (Å²) >= 11 is 0. The molecular weight excluding hydrogens is 422 g/mol. The van der Waals surface area contributed by atoms with E-state index in [9.17, 15) is 29.1 Å². The fourth-order valence-electron chi connectivity index (χ4n) is 2.71. The minimum atomic E-state index is -1.25. The highest BCUT2D eigenvalue weighted by Crippen LogP contribution is 2.05. The molecule has 1 heterocycles. The van der Waals surface area contributed by atoms with Crippen LogP contribution in [0.2, 0.25) is 0 Å². The lowest BCUT2D eigenvalue weighted by Crippen LogP contribution is -2.57. The van der Waals surface area contributed by atoms with Crippen LogP contribution in [0.3, 0.4) is 0 Å². The third kappa shape index (κ3) is 8.71. The third-order valence-electron chi connectivity index (χ3n) is 4.63. The van der Waals surface area contributed by atoms with Crippen LogP contribution in [0.5, 0.6) is 0 Å². The number of aromatic nitrogens is 2. The maximum atomic E-state index is 12.6. The molecule has 4 amide bonds. The largest absolute Gasteiger partial charge is 0.480 e. The van der Waals surface area contributed by atoms with Crippen LogP contribution >= 0.6 is 0 Å². The summed E-state index contributed by atoms with van der Waals surface area (Å²) in [6.07, 6.45) is 2.76. The Morgan fingerprint density at radius 3 is 2.22 bits per heavy atom. The van der Waals surface area contributed by atoms with Crippen molar-refractivity contribution in [3.05, 3.63) is 18.2 Å². The monoisotopic (exact) mass is 453 g/mol. The van der Waals surface area contributed by atoms with Crippen molar-refractivity contribution in [2.45, 2.75) is 64.2 Å². The molecular formula is C19H31N7O6. The Kier molecular flexibility index (Phi) is 10.3. The van der Waals surface area contributed by atoms with Crippen LogP contribution in [-0.4, -0.2) is 68.8 Å². The number of amides is 4. The molecule has 4 atom stereocenters. The average molecular weight is 454 g/mol. The number of H-pyrrole nitrogens is 1. The van der Waals surface area contributed by atoms with Crippen LogP contribution in [0.25, 0.3) is 0 Å². The van der Waals surface area contributed by atoms with Crippen molar-refractivity contribution in [3.8, 4) is 0 Å². The summed E-state index contributed by atoms with van der Waals surface area (Å²) < 4.78 is 0. The van der Waals surface area contributed by atoms with E-state index in [0.29, 0.717) is 5.69 Å². The van der Waals surface area contributed by atoms with Gasteiger partial charge in [-0.1, -0.05) is 13.8 Å². The van der Waals surface area contributed by atoms with Crippen LogP contribution in [0.4, 0.5) is 0 Å². The van der Waals surface area contributed by atoms with Gasteiger partial charge in [0, 0.05) is 24.7 Å². The number of hydrogen-bond donors (Lipinski definition) is 7. The first kappa shape index (κ1) is 26.6. The molecule has 178 valence electrons. The van der Waals surface area contributed by atoms with Crippen molar-refractivity contribution < 1.29 is 29.1 Å². The second-order valence-electron chi connectivity index (χ2n) is 7.75. The Hall–Kier alpha value is -3.48. The maximum absolute atomic E-state index is 12.6. The van der Waals surface area contributed by atoms with Crippen molar-refractivity contribution in [2.75, 3.05) is 0 Å². The Morgan fingerprint density at radius 2 is 1.72 bits per heavy atom. The minimum Gasteiger partial charge on any atom is -0.480 e. The number of carboxylic acid groups (broad SMARTS) is 1. The van der Waals surface area contributed by atoms with Gasteiger partial charge in [0.25, 0.3) is 0 Å². The zero-order valence-corrected chi connectivity index (χ0v) is 18.3. The molecule has 0 aliphatic heterocycles. The Morgan fingerprint density at radius 1 is 1.06 bits per heavy atom. The number of aromatic amines is 1. The minimum absolute atomic E-state index is 0.0182. The van der Waals surface area contributed by atoms with Crippen LogP contribution in [0, 0.1) is 5.92 Å². The highest BCUT2D eigenvalue weighted by molar-refractivity contribution is 5.94. The first-order valence-corrected chi connectivity index (χ1v) is 10.1. The lowest BCUT2D eigenvalue weighted by molar-refractivity contribution is -0.142. The van der Waals surface area contributed by atoms with E-state index in [0.717, 1.165) is 0 Å². The van der Waals surface area contributed by atoms with Crippen molar-refractivity contribution in [1.29, 1.82) is 0 Å². The SMILES string of the molecule is CC(NC(=O)C(NC(=O)C(N)CCC(N)=O)C(C)C)C(=O)NC(Cc1cnc[nH]1)C(=O)O. The highest BCUT2D eigenvalue weighted by Gasteiger charge is 2.30. The number of nitrogens with one attached hydrogen (secondary N) is 4. The van der Waals surface area contributed by atoms with Gasteiger partial charge in [-0.05, 0) is 19.3 Å². The van der Waals surface area contributed by atoms with Gasteiger partial charge in [0.15, 0.2) is 0 Å². The van der Waals surface area contributed by atoms with Crippen LogP contribution < -0.4 is 27.4 Å². The normalized spacial score (nSPS) is 14.7. The summed E-state index contributed by atoms with van der Waals surface area (Å²) in [4.78, 5) is 66.2. The zero-order chi connectivity index (χ0) is 24.4. The second-order valence-corrected chi connectivity index (χ2v) is 7.75. The predicted octanol–water partition coefficient (Wildman–Crippen LogP) is -2.24. The molecule has 0 aliphatic rings. The molecule has 9 N–H and O–H groups in total. The van der Waals surface area contributed by atoms with Gasteiger partial charge in [0.05, 0.1) is 12.4 Å². The van der Waals surface area contributed by atoms with Gasteiger partial charge in [-0.3, -0.25) is 19.2 Å². The molecule has 1 rings (SSSR count). The second kappa shape index (κ2) is 12.4. The lowest BCUT2D eigenvalue weighted by Gasteiger charge is -2.25. The van der Waals surface area contributed by atoms with E-state index in [1.807, 2.05) is 0 Å². The number of imidazole rings is 1. The molecule has 0 fully saturated rings. The number of hydrogen-bond acceptors (Lipinski definition) is 7. The van der Waals surface area contributed by atoms with Crippen molar-refractivity contribution >= 4 is 29.6 Å². The number of nitrogens with two attached hydrogens (primary N) is 2. The smallest absolute Gasteiger partial charge is 0.326 e. The van der Waals surface area contributed by atoms with Gasteiger partial charge in [0.2, 0.25) is 23.6 Å². The van der Waals surface area contributed by atoms with E-state index in [4.69, 9.17) is 11.5 Å². The van der Waals surface area contributed by atoms with Crippen molar-refractivity contribution in [2.24, 2.45) is 17.4 Å². The quantitative estimate of drug-likeness (QED) is 0.172. The molecule has 13 nitrogen and oxygen atoms in total. The Balaban J connectivity index is 2.70. The molecule has 0 radical (unpaired) electrons. The molecule has 0 saturated carbocycles. The van der Waals surface area contributed by atoms with Crippen LogP contribution in [0.15, 0.2) is 12.5 Å². The van der Waals surface area contributed by atoms with E-state index in [-0.39, 0.29) is 25.2 Å². The number of nitrogens with zero attached hydrogens (tertiary/aromatic N) is 1. The lowest BCUT2D eigenvalue weighted by atomic mass is 10.0. The van der Waals surface area contributed by atoms with Gasteiger partial charge in [0.1, 0.15) is 18.1 Å². The fraction of sp³-hybridized carbons (Fsp3) is 0.579. The van der Waals surface area contributed by atoms with E-state index in [2.05, 4.69) is 25.9 Å². The molecule has 1 aromatic rings. The molecule has 0 aliphatic carbocycles. The summed E-state index contributed by atoms with van der Waals surface area (Å²) in [5, 5.41) is 16.7. The number of carbonyl (C=O) groups excluding carboxylic acids is 4. The van der Waals surface area contributed by atoms with Crippen LogP contribution in [-0.2, 0) is 30.4 Å². The Labute approximate surface area is 185 Å². The van der Waals surface area contributed by atoms with Gasteiger partial charge >= 0.3 is 5.97 Å².